The third-order valence-electron chi connectivity index (χ3n) is 5.17. The molecule has 1 nitrogen and oxygen atoms in total. The lowest BCUT2D eigenvalue weighted by molar-refractivity contribution is 0.0652. The molecule has 1 aromatic carbocycles. The number of aliphatic hydroxyl groups is 1. The molecule has 2 saturated carbocycles. The van der Waals surface area contributed by atoms with Crippen LogP contribution in [0.15, 0.2) is 18.2 Å². The Kier molecular flexibility index (Phi) is 3.15. The molecule has 3 rings (SSSR count). The lowest BCUT2D eigenvalue weighted by Gasteiger charge is -2.36. The Morgan fingerprint density at radius 2 is 2.22 bits per heavy atom. The van der Waals surface area contributed by atoms with Crippen LogP contribution in [-0.2, 0) is 6.42 Å². The minimum atomic E-state index is 0.113. The molecular formula is C16H21ClO. The first-order chi connectivity index (χ1) is 8.63. The molecule has 2 aliphatic carbocycles. The number of rotatable bonds is 3. The fraction of sp³-hybridized carbons (Fsp3) is 0.625. The largest absolute Gasteiger partial charge is 0.396 e. The number of hydrogen-bond donors (Lipinski definition) is 1. The van der Waals surface area contributed by atoms with Gasteiger partial charge in [0.25, 0.3) is 0 Å². The van der Waals surface area contributed by atoms with Crippen molar-refractivity contribution in [1.82, 2.24) is 0 Å². The van der Waals surface area contributed by atoms with Crippen LogP contribution in [0.4, 0.5) is 0 Å². The van der Waals surface area contributed by atoms with Gasteiger partial charge in [-0.1, -0.05) is 30.2 Å². The molecule has 0 spiro atoms. The van der Waals surface area contributed by atoms with Crippen LogP contribution in [0.5, 0.6) is 0 Å². The molecule has 3 unspecified atom stereocenters. The molecule has 0 heterocycles. The Bertz CT molecular complexity index is 456. The van der Waals surface area contributed by atoms with E-state index in [4.69, 9.17) is 11.6 Å². The maximum Gasteiger partial charge on any atom is 0.0493 e. The number of halogens is 1. The van der Waals surface area contributed by atoms with Gasteiger partial charge in [0.05, 0.1) is 0 Å². The standard InChI is InChI=1S/C16H21ClO/c1-11-2-4-13(15(17)6-11)9-16(10-18)8-12-3-5-14(16)7-12/h2,4,6,12,14,18H,3,5,7-10H2,1H3. The van der Waals surface area contributed by atoms with E-state index in [0.717, 1.165) is 17.4 Å². The fourth-order valence-electron chi connectivity index (χ4n) is 4.20. The number of benzene rings is 1. The van der Waals surface area contributed by atoms with Crippen LogP contribution in [0.2, 0.25) is 5.02 Å². The van der Waals surface area contributed by atoms with Crippen LogP contribution in [0.25, 0.3) is 0 Å². The summed E-state index contributed by atoms with van der Waals surface area (Å²) in [7, 11) is 0. The Balaban J connectivity index is 1.86. The maximum atomic E-state index is 9.90. The summed E-state index contributed by atoms with van der Waals surface area (Å²) in [4.78, 5) is 0. The maximum absolute atomic E-state index is 9.90. The van der Waals surface area contributed by atoms with Gasteiger partial charge in [-0.2, -0.15) is 0 Å². The molecule has 3 atom stereocenters. The summed E-state index contributed by atoms with van der Waals surface area (Å²) in [5.74, 6) is 1.57. The average Bonchev–Trinajstić information content (AvgIpc) is 2.93. The topological polar surface area (TPSA) is 20.2 Å². The molecule has 0 amide bonds. The number of aliphatic hydroxyl groups excluding tert-OH is 1. The predicted molar refractivity (Wildman–Crippen MR) is 74.9 cm³/mol. The van der Waals surface area contributed by atoms with E-state index in [-0.39, 0.29) is 5.41 Å². The number of fused-ring (bicyclic) bond motifs is 2. The lowest BCUT2D eigenvalue weighted by atomic mass is 9.70. The van der Waals surface area contributed by atoms with Gasteiger partial charge < -0.3 is 5.11 Å². The third-order valence-corrected chi connectivity index (χ3v) is 5.52. The highest BCUT2D eigenvalue weighted by Gasteiger charge is 2.50. The van der Waals surface area contributed by atoms with Gasteiger partial charge in [-0.15, -0.1) is 0 Å². The van der Waals surface area contributed by atoms with E-state index in [2.05, 4.69) is 19.1 Å². The minimum absolute atomic E-state index is 0.113. The third kappa shape index (κ3) is 1.98. The van der Waals surface area contributed by atoms with E-state index in [9.17, 15) is 5.11 Å². The SMILES string of the molecule is Cc1ccc(CC2(CO)CC3CCC2C3)c(Cl)c1. The first-order valence-corrected chi connectivity index (χ1v) is 7.37. The van der Waals surface area contributed by atoms with Gasteiger partial charge >= 0.3 is 0 Å². The monoisotopic (exact) mass is 264 g/mol. The van der Waals surface area contributed by atoms with E-state index >= 15 is 0 Å². The van der Waals surface area contributed by atoms with Crippen molar-refractivity contribution in [3.63, 3.8) is 0 Å². The Morgan fingerprint density at radius 1 is 1.39 bits per heavy atom. The molecule has 2 aliphatic rings. The molecule has 1 aromatic rings. The molecule has 0 aromatic heterocycles. The molecular weight excluding hydrogens is 244 g/mol. The van der Waals surface area contributed by atoms with Gasteiger partial charge in [0.15, 0.2) is 0 Å². The van der Waals surface area contributed by atoms with Crippen molar-refractivity contribution in [2.24, 2.45) is 17.3 Å². The van der Waals surface area contributed by atoms with Crippen LogP contribution in [0.1, 0.15) is 36.8 Å². The van der Waals surface area contributed by atoms with Crippen molar-refractivity contribution in [3.8, 4) is 0 Å². The van der Waals surface area contributed by atoms with Crippen molar-refractivity contribution < 1.29 is 5.11 Å². The van der Waals surface area contributed by atoms with Gasteiger partial charge in [0, 0.05) is 17.0 Å². The lowest BCUT2D eigenvalue weighted by Crippen LogP contribution is -2.34. The van der Waals surface area contributed by atoms with Gasteiger partial charge in [-0.3, -0.25) is 0 Å². The Morgan fingerprint density at radius 3 is 2.78 bits per heavy atom. The van der Waals surface area contributed by atoms with Crippen LogP contribution < -0.4 is 0 Å². The zero-order valence-corrected chi connectivity index (χ0v) is 11.7. The highest BCUT2D eigenvalue weighted by Crippen LogP contribution is 2.57. The molecule has 0 radical (unpaired) electrons. The summed E-state index contributed by atoms with van der Waals surface area (Å²) in [6.45, 7) is 2.38. The minimum Gasteiger partial charge on any atom is -0.396 e. The summed E-state index contributed by atoms with van der Waals surface area (Å²) in [5.41, 5.74) is 2.53. The smallest absolute Gasteiger partial charge is 0.0493 e. The van der Waals surface area contributed by atoms with E-state index in [0.29, 0.717) is 12.5 Å². The van der Waals surface area contributed by atoms with Crippen LogP contribution in [0, 0.1) is 24.2 Å². The summed E-state index contributed by atoms with van der Waals surface area (Å²) in [6, 6.07) is 6.30. The van der Waals surface area contributed by atoms with Crippen molar-refractivity contribution in [1.29, 1.82) is 0 Å². The molecule has 98 valence electrons. The number of hydrogen-bond acceptors (Lipinski definition) is 1. The molecule has 2 fully saturated rings. The Labute approximate surface area is 114 Å². The Hall–Kier alpha value is -0.530. The van der Waals surface area contributed by atoms with Gasteiger partial charge in [0.1, 0.15) is 0 Å². The van der Waals surface area contributed by atoms with E-state index in [1.807, 2.05) is 6.07 Å². The molecule has 18 heavy (non-hydrogen) atoms. The van der Waals surface area contributed by atoms with Crippen molar-refractivity contribution in [2.45, 2.75) is 39.0 Å². The van der Waals surface area contributed by atoms with E-state index in [1.54, 1.807) is 0 Å². The zero-order chi connectivity index (χ0) is 12.8. The first kappa shape index (κ1) is 12.5. The van der Waals surface area contributed by atoms with Crippen molar-refractivity contribution in [2.75, 3.05) is 6.61 Å². The second-order valence-electron chi connectivity index (χ2n) is 6.37. The molecule has 1 N–H and O–H groups in total. The predicted octanol–water partition coefficient (Wildman–Crippen LogP) is 3.99. The normalized spacial score (nSPS) is 34.2. The second kappa shape index (κ2) is 4.54. The average molecular weight is 265 g/mol. The van der Waals surface area contributed by atoms with Crippen molar-refractivity contribution >= 4 is 11.6 Å². The van der Waals surface area contributed by atoms with E-state index in [1.165, 1.54) is 36.8 Å². The fourth-order valence-corrected chi connectivity index (χ4v) is 4.50. The summed E-state index contributed by atoms with van der Waals surface area (Å²) in [5, 5.41) is 10.8. The van der Waals surface area contributed by atoms with Crippen molar-refractivity contribution in [3.05, 3.63) is 34.3 Å². The van der Waals surface area contributed by atoms with Crippen LogP contribution >= 0.6 is 11.6 Å². The number of aryl methyl sites for hydroxylation is 1. The van der Waals surface area contributed by atoms with Gasteiger partial charge in [-0.25, -0.2) is 0 Å². The zero-order valence-electron chi connectivity index (χ0n) is 11.0. The molecule has 0 saturated heterocycles. The first-order valence-electron chi connectivity index (χ1n) is 6.99. The van der Waals surface area contributed by atoms with Gasteiger partial charge in [0.2, 0.25) is 0 Å². The summed E-state index contributed by atoms with van der Waals surface area (Å²) >= 11 is 6.35. The van der Waals surface area contributed by atoms with Crippen LogP contribution in [-0.4, -0.2) is 11.7 Å². The summed E-state index contributed by atoms with van der Waals surface area (Å²) in [6.07, 6.45) is 6.13. The molecule has 2 bridgehead atoms. The second-order valence-corrected chi connectivity index (χ2v) is 6.78. The van der Waals surface area contributed by atoms with Crippen LogP contribution in [0.3, 0.4) is 0 Å². The highest BCUT2D eigenvalue weighted by atomic mass is 35.5. The highest BCUT2D eigenvalue weighted by molar-refractivity contribution is 6.31. The molecule has 2 heteroatoms. The molecule has 0 aliphatic heterocycles. The van der Waals surface area contributed by atoms with E-state index < -0.39 is 0 Å². The summed E-state index contributed by atoms with van der Waals surface area (Å²) < 4.78 is 0. The quantitative estimate of drug-likeness (QED) is 0.875. The van der Waals surface area contributed by atoms with Gasteiger partial charge in [-0.05, 0) is 61.6 Å².